The van der Waals surface area contributed by atoms with E-state index in [1.54, 1.807) is 6.07 Å². The van der Waals surface area contributed by atoms with E-state index in [2.05, 4.69) is 9.97 Å². The zero-order chi connectivity index (χ0) is 8.55. The third-order valence-corrected chi connectivity index (χ3v) is 1.43. The van der Waals surface area contributed by atoms with Crippen molar-refractivity contribution in [3.63, 3.8) is 0 Å². The summed E-state index contributed by atoms with van der Waals surface area (Å²) in [5.41, 5.74) is -0.342. The van der Waals surface area contributed by atoms with Crippen molar-refractivity contribution in [2.75, 3.05) is 0 Å². The molecule has 0 atom stereocenters. The Hall–Kier alpha value is -1.91. The summed E-state index contributed by atoms with van der Waals surface area (Å²) >= 11 is 0. The van der Waals surface area contributed by atoms with Gasteiger partial charge in [-0.15, -0.1) is 0 Å². The van der Waals surface area contributed by atoms with Crippen LogP contribution in [0.15, 0.2) is 29.3 Å². The molecule has 0 spiro atoms. The molecular formula is C7H5N3O2. The topological polar surface area (TPSA) is 67.5 Å². The highest BCUT2D eigenvalue weighted by molar-refractivity contribution is 5.29. The number of aromatic hydroxyl groups is 1. The van der Waals surface area contributed by atoms with E-state index >= 15 is 0 Å². The molecule has 2 aromatic rings. The third kappa shape index (κ3) is 0.914. The third-order valence-electron chi connectivity index (χ3n) is 1.43. The van der Waals surface area contributed by atoms with E-state index in [0.717, 1.165) is 6.07 Å². The van der Waals surface area contributed by atoms with Crippen molar-refractivity contribution in [1.29, 1.82) is 0 Å². The van der Waals surface area contributed by atoms with Gasteiger partial charge in [0.2, 0.25) is 11.7 Å². The van der Waals surface area contributed by atoms with Gasteiger partial charge in [0.1, 0.15) is 0 Å². The first-order valence-electron chi connectivity index (χ1n) is 3.31. The van der Waals surface area contributed by atoms with Gasteiger partial charge < -0.3 is 5.11 Å². The Labute approximate surface area is 67.0 Å². The van der Waals surface area contributed by atoms with Crippen molar-refractivity contribution in [2.24, 2.45) is 0 Å². The highest BCUT2D eigenvalue weighted by atomic mass is 16.3. The predicted octanol–water partition coefficient (Wildman–Crippen LogP) is -0.205. The summed E-state index contributed by atoms with van der Waals surface area (Å²) < 4.78 is 1.25. The normalized spacial score (nSPS) is 10.3. The Morgan fingerprint density at radius 1 is 1.50 bits per heavy atom. The van der Waals surface area contributed by atoms with E-state index in [1.165, 1.54) is 16.8 Å². The maximum Gasteiger partial charge on any atom is 0.262 e. The predicted molar refractivity (Wildman–Crippen MR) is 40.9 cm³/mol. The summed E-state index contributed by atoms with van der Waals surface area (Å²) in [7, 11) is 0. The van der Waals surface area contributed by atoms with E-state index in [0.29, 0.717) is 0 Å². The summed E-state index contributed by atoms with van der Waals surface area (Å²) in [5.74, 6) is -0.110. The minimum absolute atomic E-state index is 0.197. The lowest BCUT2D eigenvalue weighted by atomic mass is 10.6. The van der Waals surface area contributed by atoms with Crippen LogP contribution in [0.5, 0.6) is 5.88 Å². The van der Waals surface area contributed by atoms with Gasteiger partial charge in [-0.05, 0) is 6.07 Å². The Kier molecular flexibility index (Phi) is 1.30. The number of fused-ring (bicyclic) bond motifs is 1. The average molecular weight is 163 g/mol. The first kappa shape index (κ1) is 6.78. The molecule has 0 saturated carbocycles. The maximum absolute atomic E-state index is 11.1. The second-order valence-electron chi connectivity index (χ2n) is 2.24. The second kappa shape index (κ2) is 2.30. The minimum atomic E-state index is -0.342. The van der Waals surface area contributed by atoms with Crippen LogP contribution in [0, 0.1) is 0 Å². The molecule has 0 saturated heterocycles. The molecule has 2 rings (SSSR count). The lowest BCUT2D eigenvalue weighted by molar-refractivity contribution is 0.452. The molecule has 2 heterocycles. The molecule has 0 bridgehead atoms. The largest absolute Gasteiger partial charge is 0.493 e. The van der Waals surface area contributed by atoms with Gasteiger partial charge >= 0.3 is 0 Å². The SMILES string of the molecule is O=c1cc(O)nc2ncccn12. The van der Waals surface area contributed by atoms with E-state index < -0.39 is 0 Å². The fraction of sp³-hybridized carbons (Fsp3) is 0. The maximum atomic E-state index is 11.1. The zero-order valence-corrected chi connectivity index (χ0v) is 6.01. The van der Waals surface area contributed by atoms with Crippen LogP contribution in [0.25, 0.3) is 5.78 Å². The summed E-state index contributed by atoms with van der Waals surface area (Å²) in [6, 6.07) is 2.65. The standard InChI is InChI=1S/C7H5N3O2/c11-5-4-6(12)10-3-1-2-8-7(10)9-5/h1-4,11H. The van der Waals surface area contributed by atoms with Gasteiger partial charge in [-0.3, -0.25) is 9.20 Å². The van der Waals surface area contributed by atoms with Crippen molar-refractivity contribution in [3.05, 3.63) is 34.9 Å². The van der Waals surface area contributed by atoms with Crippen molar-refractivity contribution in [2.45, 2.75) is 0 Å². The molecule has 0 amide bonds. The quantitative estimate of drug-likeness (QED) is 0.583. The Morgan fingerprint density at radius 3 is 3.17 bits per heavy atom. The molecule has 12 heavy (non-hydrogen) atoms. The Balaban J connectivity index is 2.99. The van der Waals surface area contributed by atoms with Crippen molar-refractivity contribution in [3.8, 4) is 5.88 Å². The van der Waals surface area contributed by atoms with Gasteiger partial charge in [-0.2, -0.15) is 4.98 Å². The molecule has 0 radical (unpaired) electrons. The van der Waals surface area contributed by atoms with Crippen LogP contribution in [0.4, 0.5) is 0 Å². The molecule has 0 aliphatic carbocycles. The molecule has 0 aliphatic heterocycles. The van der Waals surface area contributed by atoms with Crippen molar-refractivity contribution < 1.29 is 5.11 Å². The molecule has 5 nitrogen and oxygen atoms in total. The number of hydrogen-bond acceptors (Lipinski definition) is 4. The Bertz CT molecular complexity index is 477. The van der Waals surface area contributed by atoms with Crippen LogP contribution < -0.4 is 5.56 Å². The van der Waals surface area contributed by atoms with Gasteiger partial charge in [0.15, 0.2) is 0 Å². The summed E-state index contributed by atoms with van der Waals surface area (Å²) in [6.07, 6.45) is 3.04. The smallest absolute Gasteiger partial charge is 0.262 e. The monoisotopic (exact) mass is 163 g/mol. The van der Waals surface area contributed by atoms with Crippen molar-refractivity contribution in [1.82, 2.24) is 14.4 Å². The molecule has 0 fully saturated rings. The number of hydrogen-bond donors (Lipinski definition) is 1. The van der Waals surface area contributed by atoms with Gasteiger partial charge in [0.25, 0.3) is 5.56 Å². The number of nitrogens with zero attached hydrogens (tertiary/aromatic N) is 3. The van der Waals surface area contributed by atoms with E-state index in [9.17, 15) is 4.79 Å². The van der Waals surface area contributed by atoms with E-state index in [1.807, 2.05) is 0 Å². The van der Waals surface area contributed by atoms with Crippen LogP contribution in [-0.2, 0) is 0 Å². The van der Waals surface area contributed by atoms with Gasteiger partial charge in [0, 0.05) is 12.4 Å². The first-order valence-corrected chi connectivity index (χ1v) is 3.31. The van der Waals surface area contributed by atoms with Crippen LogP contribution in [0.1, 0.15) is 0 Å². The van der Waals surface area contributed by atoms with Gasteiger partial charge in [0.05, 0.1) is 6.07 Å². The van der Waals surface area contributed by atoms with Gasteiger partial charge in [-0.1, -0.05) is 0 Å². The van der Waals surface area contributed by atoms with E-state index in [4.69, 9.17) is 5.11 Å². The van der Waals surface area contributed by atoms with Gasteiger partial charge in [-0.25, -0.2) is 4.98 Å². The lowest BCUT2D eigenvalue weighted by Crippen LogP contribution is -2.13. The molecule has 0 unspecified atom stereocenters. The lowest BCUT2D eigenvalue weighted by Gasteiger charge is -1.96. The molecule has 60 valence electrons. The zero-order valence-electron chi connectivity index (χ0n) is 6.01. The van der Waals surface area contributed by atoms with Crippen LogP contribution in [0.2, 0.25) is 0 Å². The number of rotatable bonds is 0. The molecule has 5 heteroatoms. The van der Waals surface area contributed by atoms with Crippen LogP contribution >= 0.6 is 0 Å². The average Bonchev–Trinajstić information content (AvgIpc) is 2.04. The number of aromatic nitrogens is 3. The molecule has 0 aliphatic rings. The first-order chi connectivity index (χ1) is 5.77. The minimum Gasteiger partial charge on any atom is -0.493 e. The summed E-state index contributed by atoms with van der Waals surface area (Å²) in [4.78, 5) is 18.6. The molecular weight excluding hydrogens is 158 g/mol. The fourth-order valence-electron chi connectivity index (χ4n) is 0.933. The van der Waals surface area contributed by atoms with Crippen LogP contribution in [-0.4, -0.2) is 19.5 Å². The Morgan fingerprint density at radius 2 is 2.33 bits per heavy atom. The molecule has 2 aromatic heterocycles. The van der Waals surface area contributed by atoms with Crippen molar-refractivity contribution >= 4 is 5.78 Å². The second-order valence-corrected chi connectivity index (χ2v) is 2.24. The highest BCUT2D eigenvalue weighted by Gasteiger charge is 1.98. The molecule has 0 aromatic carbocycles. The molecule has 1 N–H and O–H groups in total. The summed E-state index contributed by atoms with van der Waals surface area (Å²) in [5, 5.41) is 8.95. The summed E-state index contributed by atoms with van der Waals surface area (Å²) in [6.45, 7) is 0. The highest BCUT2D eigenvalue weighted by Crippen LogP contribution is 1.99. The van der Waals surface area contributed by atoms with Crippen LogP contribution in [0.3, 0.4) is 0 Å². The van der Waals surface area contributed by atoms with E-state index in [-0.39, 0.29) is 17.2 Å². The fourth-order valence-corrected chi connectivity index (χ4v) is 0.933.